The highest BCUT2D eigenvalue weighted by Gasteiger charge is 2.36. The van der Waals surface area contributed by atoms with E-state index in [0.29, 0.717) is 0 Å². The number of esters is 1. The van der Waals surface area contributed by atoms with Crippen LogP contribution in [0.25, 0.3) is 0 Å². The molecule has 0 aliphatic heterocycles. The Morgan fingerprint density at radius 2 is 1.88 bits per heavy atom. The highest BCUT2D eigenvalue weighted by molar-refractivity contribution is 5.86. The van der Waals surface area contributed by atoms with Crippen molar-refractivity contribution in [3.05, 3.63) is 28.8 Å². The summed E-state index contributed by atoms with van der Waals surface area (Å²) in [5.74, 6) is -1.34. The van der Waals surface area contributed by atoms with E-state index < -0.39 is 41.4 Å². The summed E-state index contributed by atoms with van der Waals surface area (Å²) in [5.41, 5.74) is -2.12. The summed E-state index contributed by atoms with van der Waals surface area (Å²) in [7, 11) is 1.18. The molecule has 6 nitrogen and oxygen atoms in total. The van der Waals surface area contributed by atoms with Gasteiger partial charge in [0.25, 0.3) is 0 Å². The van der Waals surface area contributed by atoms with Crippen LogP contribution in [0.3, 0.4) is 0 Å². The van der Waals surface area contributed by atoms with Crippen molar-refractivity contribution < 1.29 is 32.2 Å². The molecule has 25 heavy (non-hydrogen) atoms. The third-order valence-corrected chi connectivity index (χ3v) is 3.68. The van der Waals surface area contributed by atoms with Gasteiger partial charge in [-0.3, -0.25) is 10.1 Å². The van der Waals surface area contributed by atoms with Crippen LogP contribution in [0.15, 0.2) is 12.1 Å². The number of carbonyl (C=O) groups excluding carboxylic acids is 2. The number of nitrogens with one attached hydrogen (secondary N) is 1. The molecule has 0 saturated carbocycles. The number of hydrogen-bond acceptors (Lipinski definition) is 5. The van der Waals surface area contributed by atoms with Crippen LogP contribution in [0.4, 0.5) is 23.7 Å². The molecule has 0 fully saturated rings. The maximum Gasteiger partial charge on any atom is 0.418 e. The van der Waals surface area contributed by atoms with E-state index >= 15 is 0 Å². The lowest BCUT2D eigenvalue weighted by Gasteiger charge is -2.20. The molecule has 0 bridgehead atoms. The van der Waals surface area contributed by atoms with E-state index in [-0.39, 0.29) is 11.3 Å². The molecule has 0 aliphatic carbocycles. The zero-order chi connectivity index (χ0) is 19.4. The van der Waals surface area contributed by atoms with Crippen molar-refractivity contribution in [1.82, 2.24) is 0 Å². The first kappa shape index (κ1) is 20.3. The quantitative estimate of drug-likeness (QED) is 0.830. The molecule has 9 heteroatoms. The molecule has 1 aromatic rings. The molecule has 0 aliphatic rings. The zero-order valence-electron chi connectivity index (χ0n) is 14.0. The second-order valence-electron chi connectivity index (χ2n) is 5.32. The van der Waals surface area contributed by atoms with Crippen molar-refractivity contribution in [2.45, 2.75) is 33.1 Å². The van der Waals surface area contributed by atoms with Gasteiger partial charge in [0.2, 0.25) is 0 Å². The Bertz CT molecular complexity index is 711. The van der Waals surface area contributed by atoms with Crippen LogP contribution in [0.2, 0.25) is 0 Å². The summed E-state index contributed by atoms with van der Waals surface area (Å²) in [6.07, 6.45) is -6.62. The van der Waals surface area contributed by atoms with Gasteiger partial charge in [0, 0.05) is 5.69 Å². The molecule has 0 aromatic heterocycles. The molecular weight excluding hydrogens is 341 g/mol. The van der Waals surface area contributed by atoms with Gasteiger partial charge in [0.1, 0.15) is 6.10 Å². The SMILES string of the molecule is COC(=O)[C@H](C)[C@H](C)OC(=O)Nc1ccc(C#N)c(C(F)(F)F)c1C. The van der Waals surface area contributed by atoms with Crippen LogP contribution in [0.5, 0.6) is 0 Å². The van der Waals surface area contributed by atoms with E-state index in [1.165, 1.54) is 33.1 Å². The monoisotopic (exact) mass is 358 g/mol. The number of halogens is 3. The lowest BCUT2D eigenvalue weighted by atomic mass is 10.0. The number of ether oxygens (including phenoxy) is 2. The molecule has 1 rings (SSSR count). The maximum atomic E-state index is 13.1. The van der Waals surface area contributed by atoms with Crippen LogP contribution in [0.1, 0.15) is 30.5 Å². The van der Waals surface area contributed by atoms with E-state index in [0.717, 1.165) is 13.0 Å². The number of carbonyl (C=O) groups is 2. The fourth-order valence-electron chi connectivity index (χ4n) is 2.09. The van der Waals surface area contributed by atoms with Gasteiger partial charge in [-0.05, 0) is 38.5 Å². The van der Waals surface area contributed by atoms with Gasteiger partial charge < -0.3 is 9.47 Å². The number of amides is 1. The smallest absolute Gasteiger partial charge is 0.418 e. The van der Waals surface area contributed by atoms with Gasteiger partial charge >= 0.3 is 18.2 Å². The molecule has 2 atom stereocenters. The van der Waals surface area contributed by atoms with Gasteiger partial charge in [0.05, 0.1) is 30.2 Å². The first-order valence-electron chi connectivity index (χ1n) is 7.19. The minimum atomic E-state index is -4.75. The highest BCUT2D eigenvalue weighted by Crippen LogP contribution is 2.37. The molecular formula is C16H17F3N2O4. The Balaban J connectivity index is 2.99. The van der Waals surface area contributed by atoms with Crippen molar-refractivity contribution in [1.29, 1.82) is 5.26 Å². The Kier molecular flexibility index (Phi) is 6.39. The van der Waals surface area contributed by atoms with Gasteiger partial charge in [-0.2, -0.15) is 18.4 Å². The summed E-state index contributed by atoms with van der Waals surface area (Å²) in [6, 6.07) is 3.62. The third kappa shape index (κ3) is 4.86. The van der Waals surface area contributed by atoms with Gasteiger partial charge in [-0.15, -0.1) is 0 Å². The third-order valence-electron chi connectivity index (χ3n) is 3.68. The fourth-order valence-corrected chi connectivity index (χ4v) is 2.09. The van der Waals surface area contributed by atoms with Gasteiger partial charge in [0.15, 0.2) is 0 Å². The molecule has 0 heterocycles. The van der Waals surface area contributed by atoms with E-state index in [4.69, 9.17) is 10.00 Å². The van der Waals surface area contributed by atoms with Crippen molar-refractivity contribution in [3.8, 4) is 6.07 Å². The van der Waals surface area contributed by atoms with E-state index in [9.17, 15) is 22.8 Å². The number of benzene rings is 1. The van der Waals surface area contributed by atoms with Gasteiger partial charge in [-0.25, -0.2) is 4.79 Å². The van der Waals surface area contributed by atoms with Gasteiger partial charge in [-0.1, -0.05) is 0 Å². The van der Waals surface area contributed by atoms with Crippen LogP contribution in [0, 0.1) is 24.2 Å². The number of alkyl halides is 3. The zero-order valence-corrected chi connectivity index (χ0v) is 14.0. The topological polar surface area (TPSA) is 88.4 Å². The lowest BCUT2D eigenvalue weighted by Crippen LogP contribution is -2.30. The van der Waals surface area contributed by atoms with Crippen molar-refractivity contribution in [2.75, 3.05) is 12.4 Å². The molecule has 1 amide bonds. The molecule has 136 valence electrons. The second kappa shape index (κ2) is 7.88. The lowest BCUT2D eigenvalue weighted by molar-refractivity contribution is -0.148. The van der Waals surface area contributed by atoms with Crippen molar-refractivity contribution in [3.63, 3.8) is 0 Å². The first-order chi connectivity index (χ1) is 11.5. The summed E-state index contributed by atoms with van der Waals surface area (Å²) in [5, 5.41) is 11.0. The summed E-state index contributed by atoms with van der Waals surface area (Å²) < 4.78 is 48.8. The molecule has 0 unspecified atom stereocenters. The fraction of sp³-hybridized carbons (Fsp3) is 0.438. The maximum absolute atomic E-state index is 13.1. The van der Waals surface area contributed by atoms with Crippen LogP contribution in [-0.4, -0.2) is 25.3 Å². The number of nitrogens with zero attached hydrogens (tertiary/aromatic N) is 1. The Morgan fingerprint density at radius 3 is 2.36 bits per heavy atom. The number of rotatable bonds is 4. The standard InChI is InChI=1S/C16H17F3N2O4/c1-8(14(22)24-4)10(3)25-15(23)21-12-6-5-11(7-20)13(9(12)2)16(17,18)19/h5-6,8,10H,1-4H3,(H,21,23)/t8-,10+/m1/s1. The molecule has 1 aromatic carbocycles. The average molecular weight is 358 g/mol. The average Bonchev–Trinajstić information content (AvgIpc) is 2.53. The van der Waals surface area contributed by atoms with Crippen molar-refractivity contribution in [2.24, 2.45) is 5.92 Å². The first-order valence-corrected chi connectivity index (χ1v) is 7.19. The molecule has 0 radical (unpaired) electrons. The van der Waals surface area contributed by atoms with Crippen LogP contribution in [-0.2, 0) is 20.4 Å². The number of nitriles is 1. The minimum absolute atomic E-state index is 0.144. The van der Waals surface area contributed by atoms with Crippen LogP contribution < -0.4 is 5.32 Å². The number of anilines is 1. The number of hydrogen-bond donors (Lipinski definition) is 1. The van der Waals surface area contributed by atoms with E-state index in [2.05, 4.69) is 10.1 Å². The largest absolute Gasteiger partial charge is 0.469 e. The Labute approximate surface area is 142 Å². The summed E-state index contributed by atoms with van der Waals surface area (Å²) in [6.45, 7) is 4.08. The van der Waals surface area contributed by atoms with E-state index in [1.54, 1.807) is 0 Å². The minimum Gasteiger partial charge on any atom is -0.469 e. The normalized spacial score (nSPS) is 13.4. The van der Waals surface area contributed by atoms with E-state index in [1.807, 2.05) is 0 Å². The predicted molar refractivity (Wildman–Crippen MR) is 81.6 cm³/mol. The van der Waals surface area contributed by atoms with Crippen LogP contribution >= 0.6 is 0 Å². The summed E-state index contributed by atoms with van der Waals surface area (Å²) in [4.78, 5) is 23.3. The Hall–Kier alpha value is -2.76. The number of methoxy groups -OCH3 is 1. The highest BCUT2D eigenvalue weighted by atomic mass is 19.4. The molecule has 0 saturated heterocycles. The molecule has 0 spiro atoms. The Morgan fingerprint density at radius 1 is 1.28 bits per heavy atom. The molecule has 1 N–H and O–H groups in total. The predicted octanol–water partition coefficient (Wildman–Crippen LogP) is 3.63. The second-order valence-corrected chi connectivity index (χ2v) is 5.32. The summed E-state index contributed by atoms with van der Waals surface area (Å²) >= 11 is 0. The van der Waals surface area contributed by atoms with Crippen molar-refractivity contribution >= 4 is 17.7 Å².